The van der Waals surface area contributed by atoms with Crippen molar-refractivity contribution in [2.75, 3.05) is 25.8 Å². The Kier molecular flexibility index (Phi) is 7.68. The highest BCUT2D eigenvalue weighted by Crippen LogP contribution is 2.23. The Balaban J connectivity index is 2.01. The molecule has 2 atom stereocenters. The second-order valence-electron chi connectivity index (χ2n) is 6.15. The van der Waals surface area contributed by atoms with Crippen LogP contribution in [0, 0.1) is 5.92 Å². The minimum atomic E-state index is -0.686. The smallest absolute Gasteiger partial charge is 0.328 e. The third-order valence-corrected chi connectivity index (χ3v) is 5.27. The molecule has 152 valence electrons. The molecular weight excluding hydrogens is 382 g/mol. The Morgan fingerprint density at radius 1 is 1.25 bits per heavy atom. The van der Waals surface area contributed by atoms with E-state index in [9.17, 15) is 9.59 Å². The molecule has 1 amide bonds. The topological polar surface area (TPSA) is 121 Å². The molecule has 2 aromatic rings. The zero-order valence-corrected chi connectivity index (χ0v) is 17.2. The van der Waals surface area contributed by atoms with Gasteiger partial charge in [-0.05, 0) is 30.2 Å². The van der Waals surface area contributed by atoms with Crippen molar-refractivity contribution in [1.82, 2.24) is 20.2 Å². The molecule has 2 rings (SSSR count). The molecule has 1 aromatic heterocycles. The van der Waals surface area contributed by atoms with Crippen molar-refractivity contribution >= 4 is 23.6 Å². The summed E-state index contributed by atoms with van der Waals surface area (Å²) < 4.78 is 11.2. The van der Waals surface area contributed by atoms with Gasteiger partial charge in [-0.15, -0.1) is 10.2 Å². The molecule has 3 N–H and O–H groups in total. The summed E-state index contributed by atoms with van der Waals surface area (Å²) >= 11 is 1.13. The third kappa shape index (κ3) is 5.16. The van der Waals surface area contributed by atoms with Crippen molar-refractivity contribution in [3.8, 4) is 17.1 Å². The average Bonchev–Trinajstić information content (AvgIpc) is 3.09. The Hall–Kier alpha value is -2.75. The summed E-state index contributed by atoms with van der Waals surface area (Å²) in [5, 5.41) is 11.2. The van der Waals surface area contributed by atoms with Crippen molar-refractivity contribution in [2.24, 2.45) is 5.92 Å². The predicted molar refractivity (Wildman–Crippen MR) is 106 cm³/mol. The van der Waals surface area contributed by atoms with Crippen LogP contribution in [0.4, 0.5) is 0 Å². The van der Waals surface area contributed by atoms with Gasteiger partial charge in [-0.3, -0.25) is 4.79 Å². The zero-order valence-electron chi connectivity index (χ0n) is 16.3. The van der Waals surface area contributed by atoms with Crippen LogP contribution >= 0.6 is 11.8 Å². The van der Waals surface area contributed by atoms with Crippen molar-refractivity contribution in [3.63, 3.8) is 0 Å². The molecule has 0 fully saturated rings. The van der Waals surface area contributed by atoms with Crippen LogP contribution in [-0.4, -0.2) is 52.8 Å². The SMILES string of the molecule is CC[C@@H](C)[C@@H](NC(=O)CSc1nnc(-c2ccc(OC)cc2)n1N)C(=O)OC. The standard InChI is InChI=1S/C18H25N5O4S/c1-5-11(2)15(17(25)27-4)20-14(24)10-28-18-22-21-16(23(18)19)12-6-8-13(26-3)9-7-12/h6-9,11,15H,5,10,19H2,1-4H3,(H,20,24)/t11-,15-/m1/s1. The van der Waals surface area contributed by atoms with Gasteiger partial charge in [0, 0.05) is 5.56 Å². The summed E-state index contributed by atoms with van der Waals surface area (Å²) in [4.78, 5) is 24.2. The number of methoxy groups -OCH3 is 2. The number of nitrogen functional groups attached to an aromatic ring is 1. The van der Waals surface area contributed by atoms with Gasteiger partial charge >= 0.3 is 5.97 Å². The van der Waals surface area contributed by atoms with Gasteiger partial charge in [-0.1, -0.05) is 32.0 Å². The highest BCUT2D eigenvalue weighted by Gasteiger charge is 2.26. The molecule has 0 saturated heterocycles. The van der Waals surface area contributed by atoms with Gasteiger partial charge in [0.2, 0.25) is 11.1 Å². The molecular formula is C18H25N5O4S. The van der Waals surface area contributed by atoms with Gasteiger partial charge < -0.3 is 20.6 Å². The van der Waals surface area contributed by atoms with Crippen molar-refractivity contribution in [3.05, 3.63) is 24.3 Å². The molecule has 0 aliphatic rings. The first kappa shape index (κ1) is 21.5. The monoisotopic (exact) mass is 407 g/mol. The van der Waals surface area contributed by atoms with E-state index in [0.717, 1.165) is 29.5 Å². The number of ether oxygens (including phenoxy) is 2. The van der Waals surface area contributed by atoms with E-state index < -0.39 is 12.0 Å². The first-order valence-corrected chi connectivity index (χ1v) is 9.74. The third-order valence-electron chi connectivity index (χ3n) is 4.33. The largest absolute Gasteiger partial charge is 0.497 e. The predicted octanol–water partition coefficient (Wildman–Crippen LogP) is 1.46. The highest BCUT2D eigenvalue weighted by atomic mass is 32.2. The number of esters is 1. The zero-order chi connectivity index (χ0) is 20.7. The maximum Gasteiger partial charge on any atom is 0.328 e. The molecule has 10 heteroatoms. The number of benzene rings is 1. The quantitative estimate of drug-likeness (QED) is 0.364. The molecule has 0 aliphatic carbocycles. The minimum Gasteiger partial charge on any atom is -0.497 e. The van der Waals surface area contributed by atoms with Crippen LogP contribution < -0.4 is 15.9 Å². The lowest BCUT2D eigenvalue weighted by atomic mass is 9.99. The van der Waals surface area contributed by atoms with E-state index in [-0.39, 0.29) is 17.6 Å². The van der Waals surface area contributed by atoms with E-state index >= 15 is 0 Å². The van der Waals surface area contributed by atoms with Gasteiger partial charge in [0.05, 0.1) is 20.0 Å². The lowest BCUT2D eigenvalue weighted by Gasteiger charge is -2.21. The fourth-order valence-electron chi connectivity index (χ4n) is 2.45. The van der Waals surface area contributed by atoms with E-state index in [4.69, 9.17) is 15.3 Å². The number of nitrogens with two attached hydrogens (primary N) is 1. The van der Waals surface area contributed by atoms with Crippen LogP contribution in [-0.2, 0) is 14.3 Å². The Morgan fingerprint density at radius 2 is 1.93 bits per heavy atom. The van der Waals surface area contributed by atoms with E-state index in [0.29, 0.717) is 11.0 Å². The number of nitrogens with zero attached hydrogens (tertiary/aromatic N) is 3. The van der Waals surface area contributed by atoms with Gasteiger partial charge in [0.25, 0.3) is 0 Å². The summed E-state index contributed by atoms with van der Waals surface area (Å²) in [7, 11) is 2.89. The van der Waals surface area contributed by atoms with Crippen LogP contribution in [0.15, 0.2) is 29.4 Å². The normalized spacial score (nSPS) is 12.9. The van der Waals surface area contributed by atoms with Crippen LogP contribution in [0.25, 0.3) is 11.4 Å². The number of aromatic nitrogens is 3. The molecule has 0 bridgehead atoms. The maximum absolute atomic E-state index is 12.3. The summed E-state index contributed by atoms with van der Waals surface area (Å²) in [6.07, 6.45) is 0.732. The highest BCUT2D eigenvalue weighted by molar-refractivity contribution is 7.99. The maximum atomic E-state index is 12.3. The van der Waals surface area contributed by atoms with Crippen molar-refractivity contribution < 1.29 is 19.1 Å². The van der Waals surface area contributed by atoms with Crippen LogP contribution in [0.2, 0.25) is 0 Å². The number of hydrogen-bond acceptors (Lipinski definition) is 8. The number of rotatable bonds is 9. The van der Waals surface area contributed by atoms with E-state index in [1.54, 1.807) is 19.2 Å². The van der Waals surface area contributed by atoms with E-state index in [1.165, 1.54) is 11.8 Å². The Labute approximate surface area is 167 Å². The number of amides is 1. The Bertz CT molecular complexity index is 809. The summed E-state index contributed by atoms with van der Waals surface area (Å²) in [6, 6.07) is 6.55. The fraction of sp³-hybridized carbons (Fsp3) is 0.444. The number of carbonyl (C=O) groups is 2. The molecule has 0 spiro atoms. The van der Waals surface area contributed by atoms with Gasteiger partial charge in [0.1, 0.15) is 11.8 Å². The molecule has 0 saturated carbocycles. The number of hydrogen-bond donors (Lipinski definition) is 2. The molecule has 1 aromatic carbocycles. The molecule has 0 aliphatic heterocycles. The Morgan fingerprint density at radius 3 is 2.50 bits per heavy atom. The number of nitrogens with one attached hydrogen (secondary N) is 1. The van der Waals surface area contributed by atoms with Crippen LogP contribution in [0.1, 0.15) is 20.3 Å². The lowest BCUT2D eigenvalue weighted by molar-refractivity contribution is -0.146. The van der Waals surface area contributed by atoms with Gasteiger partial charge in [-0.2, -0.15) is 0 Å². The second kappa shape index (κ2) is 9.98. The average molecular weight is 407 g/mol. The molecule has 1 heterocycles. The first-order chi connectivity index (χ1) is 13.4. The molecule has 0 radical (unpaired) electrons. The van der Waals surface area contributed by atoms with Crippen molar-refractivity contribution in [1.29, 1.82) is 0 Å². The lowest BCUT2D eigenvalue weighted by Crippen LogP contribution is -2.46. The summed E-state index contributed by atoms with van der Waals surface area (Å²) in [5.41, 5.74) is 0.773. The van der Waals surface area contributed by atoms with E-state index in [1.807, 2.05) is 26.0 Å². The minimum absolute atomic E-state index is 0.0405. The first-order valence-electron chi connectivity index (χ1n) is 8.76. The molecule has 28 heavy (non-hydrogen) atoms. The van der Waals surface area contributed by atoms with Crippen LogP contribution in [0.5, 0.6) is 5.75 Å². The number of carbonyl (C=O) groups excluding carboxylic acids is 2. The van der Waals surface area contributed by atoms with Crippen LogP contribution in [0.3, 0.4) is 0 Å². The van der Waals surface area contributed by atoms with Crippen molar-refractivity contribution in [2.45, 2.75) is 31.5 Å². The fourth-order valence-corrected chi connectivity index (χ4v) is 3.12. The van der Waals surface area contributed by atoms with Gasteiger partial charge in [-0.25, -0.2) is 9.47 Å². The molecule has 0 unspecified atom stereocenters. The summed E-state index contributed by atoms with van der Waals surface area (Å²) in [6.45, 7) is 3.83. The number of thioether (sulfide) groups is 1. The summed E-state index contributed by atoms with van der Waals surface area (Å²) in [5.74, 6) is 6.49. The second-order valence-corrected chi connectivity index (χ2v) is 7.09. The van der Waals surface area contributed by atoms with E-state index in [2.05, 4.69) is 15.5 Å². The van der Waals surface area contributed by atoms with Gasteiger partial charge in [0.15, 0.2) is 5.82 Å². The molecule has 9 nitrogen and oxygen atoms in total.